The van der Waals surface area contributed by atoms with Crippen molar-refractivity contribution in [2.24, 2.45) is 0 Å². The molecule has 1 aromatic rings. The van der Waals surface area contributed by atoms with Crippen molar-refractivity contribution in [2.45, 2.75) is 6.10 Å². The molecule has 68 valence electrons. The lowest BCUT2D eigenvalue weighted by atomic mass is 10.2. The molecule has 0 aliphatic carbocycles. The fourth-order valence-corrected chi connectivity index (χ4v) is 0.862. The van der Waals surface area contributed by atoms with Gasteiger partial charge in [-0.1, -0.05) is 30.4 Å². The lowest BCUT2D eigenvalue weighted by Crippen LogP contribution is -1.93. The molecule has 1 atom stereocenters. The van der Waals surface area contributed by atoms with Gasteiger partial charge in [-0.05, 0) is 17.7 Å². The van der Waals surface area contributed by atoms with E-state index in [-0.39, 0.29) is 5.82 Å². The van der Waals surface area contributed by atoms with E-state index in [2.05, 4.69) is 6.58 Å². The van der Waals surface area contributed by atoms with Crippen molar-refractivity contribution < 1.29 is 9.50 Å². The third-order valence-corrected chi connectivity index (χ3v) is 1.60. The predicted molar refractivity (Wildman–Crippen MR) is 51.6 cm³/mol. The number of halogens is 1. The number of benzene rings is 1. The van der Waals surface area contributed by atoms with Crippen LogP contribution in [0.15, 0.2) is 43.0 Å². The molecule has 0 bridgehead atoms. The van der Waals surface area contributed by atoms with Crippen LogP contribution in [-0.2, 0) is 0 Å². The van der Waals surface area contributed by atoms with E-state index in [1.54, 1.807) is 24.3 Å². The molecule has 0 heterocycles. The van der Waals surface area contributed by atoms with Gasteiger partial charge in [0.15, 0.2) is 0 Å². The monoisotopic (exact) mass is 178 g/mol. The number of aliphatic hydroxyl groups is 1. The van der Waals surface area contributed by atoms with E-state index in [1.165, 1.54) is 18.2 Å². The third kappa shape index (κ3) is 3.22. The fourth-order valence-electron chi connectivity index (χ4n) is 0.862. The summed E-state index contributed by atoms with van der Waals surface area (Å²) in [6.07, 6.45) is 4.07. The molecule has 1 rings (SSSR count). The van der Waals surface area contributed by atoms with Crippen LogP contribution >= 0.6 is 0 Å². The number of aliphatic hydroxyl groups excluding tert-OH is 1. The average molecular weight is 178 g/mol. The van der Waals surface area contributed by atoms with Gasteiger partial charge in [-0.25, -0.2) is 4.39 Å². The van der Waals surface area contributed by atoms with E-state index in [0.29, 0.717) is 0 Å². The Morgan fingerprint density at radius 3 is 2.46 bits per heavy atom. The van der Waals surface area contributed by atoms with Gasteiger partial charge in [0.25, 0.3) is 0 Å². The summed E-state index contributed by atoms with van der Waals surface area (Å²) in [6, 6.07) is 6.03. The van der Waals surface area contributed by atoms with Crippen LogP contribution in [0.4, 0.5) is 4.39 Å². The quantitative estimate of drug-likeness (QED) is 0.704. The molecule has 0 saturated heterocycles. The van der Waals surface area contributed by atoms with E-state index in [4.69, 9.17) is 5.11 Å². The van der Waals surface area contributed by atoms with Crippen LogP contribution in [0.5, 0.6) is 0 Å². The van der Waals surface area contributed by atoms with Crippen LogP contribution in [0.3, 0.4) is 0 Å². The zero-order valence-corrected chi connectivity index (χ0v) is 7.15. The first kappa shape index (κ1) is 9.68. The molecule has 0 aliphatic rings. The van der Waals surface area contributed by atoms with Crippen molar-refractivity contribution in [3.8, 4) is 0 Å². The molecule has 13 heavy (non-hydrogen) atoms. The second kappa shape index (κ2) is 4.58. The summed E-state index contributed by atoms with van der Waals surface area (Å²) >= 11 is 0. The fraction of sp³-hybridized carbons (Fsp3) is 0.0909. The maximum atomic E-state index is 12.5. The molecule has 1 N–H and O–H groups in total. The summed E-state index contributed by atoms with van der Waals surface area (Å²) < 4.78 is 12.5. The molecule has 0 aromatic heterocycles. The van der Waals surface area contributed by atoms with Crippen LogP contribution < -0.4 is 0 Å². The molecule has 1 aromatic carbocycles. The first-order valence-corrected chi connectivity index (χ1v) is 3.97. The minimum Gasteiger partial charge on any atom is -0.385 e. The summed E-state index contributed by atoms with van der Waals surface area (Å²) in [4.78, 5) is 0. The van der Waals surface area contributed by atoms with Crippen molar-refractivity contribution in [1.29, 1.82) is 0 Å². The average Bonchev–Trinajstić information content (AvgIpc) is 2.16. The second-order valence-corrected chi connectivity index (χ2v) is 2.64. The van der Waals surface area contributed by atoms with Crippen molar-refractivity contribution in [1.82, 2.24) is 0 Å². The highest BCUT2D eigenvalue weighted by molar-refractivity contribution is 5.49. The Morgan fingerprint density at radius 1 is 1.31 bits per heavy atom. The van der Waals surface area contributed by atoms with Gasteiger partial charge in [-0.3, -0.25) is 0 Å². The number of hydrogen-bond donors (Lipinski definition) is 1. The van der Waals surface area contributed by atoms with Crippen LogP contribution in [0.25, 0.3) is 6.08 Å². The van der Waals surface area contributed by atoms with Crippen LogP contribution in [0.1, 0.15) is 5.56 Å². The Bertz CT molecular complexity index is 300. The van der Waals surface area contributed by atoms with E-state index in [9.17, 15) is 4.39 Å². The minimum absolute atomic E-state index is 0.263. The summed E-state index contributed by atoms with van der Waals surface area (Å²) in [5.74, 6) is -0.263. The lowest BCUT2D eigenvalue weighted by molar-refractivity contribution is 0.273. The summed E-state index contributed by atoms with van der Waals surface area (Å²) in [6.45, 7) is 3.43. The van der Waals surface area contributed by atoms with E-state index in [1.807, 2.05) is 0 Å². The highest BCUT2D eigenvalue weighted by atomic mass is 19.1. The SMILES string of the molecule is C=CC(O)C=Cc1ccc(F)cc1. The minimum atomic E-state index is -0.648. The van der Waals surface area contributed by atoms with Gasteiger partial charge < -0.3 is 5.11 Å². The van der Waals surface area contributed by atoms with E-state index in [0.717, 1.165) is 5.56 Å². The maximum absolute atomic E-state index is 12.5. The van der Waals surface area contributed by atoms with Gasteiger partial charge in [-0.2, -0.15) is 0 Å². The molecule has 0 aliphatic heterocycles. The van der Waals surface area contributed by atoms with Crippen molar-refractivity contribution in [3.63, 3.8) is 0 Å². The molecule has 1 unspecified atom stereocenters. The summed E-state index contributed by atoms with van der Waals surface area (Å²) in [5.41, 5.74) is 0.849. The molecule has 0 spiro atoms. The molecule has 0 fully saturated rings. The van der Waals surface area contributed by atoms with Crippen molar-refractivity contribution in [2.75, 3.05) is 0 Å². The van der Waals surface area contributed by atoms with Crippen LogP contribution in [0.2, 0.25) is 0 Å². The van der Waals surface area contributed by atoms with Gasteiger partial charge in [0.2, 0.25) is 0 Å². The molecule has 0 amide bonds. The Balaban J connectivity index is 2.69. The molecular weight excluding hydrogens is 167 g/mol. The third-order valence-electron chi connectivity index (χ3n) is 1.60. The lowest BCUT2D eigenvalue weighted by Gasteiger charge is -1.96. The largest absolute Gasteiger partial charge is 0.385 e. The van der Waals surface area contributed by atoms with E-state index < -0.39 is 6.10 Å². The smallest absolute Gasteiger partial charge is 0.123 e. The van der Waals surface area contributed by atoms with Crippen LogP contribution in [0, 0.1) is 5.82 Å². The number of hydrogen-bond acceptors (Lipinski definition) is 1. The van der Waals surface area contributed by atoms with Crippen molar-refractivity contribution in [3.05, 3.63) is 54.4 Å². The predicted octanol–water partition coefficient (Wildman–Crippen LogP) is 2.39. The highest BCUT2D eigenvalue weighted by Gasteiger charge is 1.91. The van der Waals surface area contributed by atoms with Crippen molar-refractivity contribution >= 4 is 6.08 Å². The zero-order valence-electron chi connectivity index (χ0n) is 7.15. The maximum Gasteiger partial charge on any atom is 0.123 e. The summed E-state index contributed by atoms with van der Waals surface area (Å²) in [7, 11) is 0. The first-order chi connectivity index (χ1) is 6.22. The second-order valence-electron chi connectivity index (χ2n) is 2.64. The summed E-state index contributed by atoms with van der Waals surface area (Å²) in [5, 5.41) is 9.09. The van der Waals surface area contributed by atoms with Gasteiger partial charge >= 0.3 is 0 Å². The normalized spacial score (nSPS) is 13.1. The standard InChI is InChI=1S/C11H11FO/c1-2-11(13)8-5-9-3-6-10(12)7-4-9/h2-8,11,13H,1H2. The molecule has 1 nitrogen and oxygen atoms in total. The first-order valence-electron chi connectivity index (χ1n) is 3.97. The molecule has 2 heteroatoms. The van der Waals surface area contributed by atoms with E-state index >= 15 is 0 Å². The molecular formula is C11H11FO. The Kier molecular flexibility index (Phi) is 3.41. The Morgan fingerprint density at radius 2 is 1.92 bits per heavy atom. The molecule has 0 radical (unpaired) electrons. The zero-order chi connectivity index (χ0) is 9.68. The number of rotatable bonds is 3. The topological polar surface area (TPSA) is 20.2 Å². The molecule has 0 saturated carbocycles. The van der Waals surface area contributed by atoms with Gasteiger partial charge in [-0.15, -0.1) is 6.58 Å². The highest BCUT2D eigenvalue weighted by Crippen LogP contribution is 2.05. The van der Waals surface area contributed by atoms with Gasteiger partial charge in [0, 0.05) is 0 Å². The Hall–Kier alpha value is -1.41. The van der Waals surface area contributed by atoms with Gasteiger partial charge in [0.1, 0.15) is 5.82 Å². The van der Waals surface area contributed by atoms with Gasteiger partial charge in [0.05, 0.1) is 6.10 Å². The van der Waals surface area contributed by atoms with Crippen LogP contribution in [-0.4, -0.2) is 11.2 Å². The Labute approximate surface area is 76.8 Å².